The van der Waals surface area contributed by atoms with Crippen LogP contribution < -0.4 is 10.1 Å². The smallest absolute Gasteiger partial charge is 0.258 e. The van der Waals surface area contributed by atoms with Crippen molar-refractivity contribution >= 4 is 34.5 Å². The number of thiocarbonyl (C=S) groups is 1. The molecule has 1 atom stereocenters. The first-order chi connectivity index (χ1) is 15.9. The zero-order chi connectivity index (χ0) is 23.5. The highest BCUT2D eigenvalue weighted by molar-refractivity contribution is 7.80. The normalized spacial score (nSPS) is 16.4. The predicted molar refractivity (Wildman–Crippen MR) is 135 cm³/mol. The van der Waals surface area contributed by atoms with Crippen LogP contribution in [-0.4, -0.2) is 33.3 Å². The van der Waals surface area contributed by atoms with Crippen molar-refractivity contribution < 1.29 is 9.26 Å². The zero-order valence-electron chi connectivity index (χ0n) is 19.1. The minimum Gasteiger partial charge on any atom is -0.494 e. The fourth-order valence-electron chi connectivity index (χ4n) is 3.89. The van der Waals surface area contributed by atoms with Gasteiger partial charge in [-0.3, -0.25) is 0 Å². The number of benzene rings is 2. The van der Waals surface area contributed by atoms with E-state index in [9.17, 15) is 0 Å². The number of aromatic nitrogens is 2. The summed E-state index contributed by atoms with van der Waals surface area (Å²) in [6.07, 6.45) is 0. The summed E-state index contributed by atoms with van der Waals surface area (Å²) >= 11 is 11.9. The van der Waals surface area contributed by atoms with Gasteiger partial charge in [0.05, 0.1) is 18.2 Å². The van der Waals surface area contributed by atoms with Gasteiger partial charge < -0.3 is 19.5 Å². The molecule has 0 saturated heterocycles. The highest BCUT2D eigenvalue weighted by Gasteiger charge is 2.34. The summed E-state index contributed by atoms with van der Waals surface area (Å²) in [5, 5.41) is 9.02. The van der Waals surface area contributed by atoms with Crippen LogP contribution >= 0.6 is 23.8 Å². The second-order valence-electron chi connectivity index (χ2n) is 8.32. The van der Waals surface area contributed by atoms with Crippen LogP contribution in [0.15, 0.2) is 58.8 Å². The fraction of sp³-hybridized carbons (Fsp3) is 0.320. The van der Waals surface area contributed by atoms with Crippen LogP contribution in [0.3, 0.4) is 0 Å². The second kappa shape index (κ2) is 9.93. The van der Waals surface area contributed by atoms with Gasteiger partial charge in [0, 0.05) is 22.8 Å². The Morgan fingerprint density at radius 1 is 1.21 bits per heavy atom. The average Bonchev–Trinajstić information content (AvgIpc) is 3.27. The van der Waals surface area contributed by atoms with E-state index in [0.717, 1.165) is 34.7 Å². The van der Waals surface area contributed by atoms with E-state index in [4.69, 9.17) is 38.1 Å². The van der Waals surface area contributed by atoms with Crippen molar-refractivity contribution in [2.75, 3.05) is 13.2 Å². The fourth-order valence-corrected chi connectivity index (χ4v) is 4.41. The molecular weight excluding hydrogens is 456 g/mol. The third-order valence-electron chi connectivity index (χ3n) is 5.41. The Balaban J connectivity index is 1.78. The Morgan fingerprint density at radius 3 is 2.64 bits per heavy atom. The maximum Gasteiger partial charge on any atom is 0.258 e. The molecule has 2 heterocycles. The monoisotopic (exact) mass is 482 g/mol. The molecule has 6 nitrogen and oxygen atoms in total. The van der Waals surface area contributed by atoms with Gasteiger partial charge >= 0.3 is 0 Å². The molecule has 33 heavy (non-hydrogen) atoms. The highest BCUT2D eigenvalue weighted by Crippen LogP contribution is 2.38. The van der Waals surface area contributed by atoms with Crippen LogP contribution in [-0.2, 0) is 0 Å². The van der Waals surface area contributed by atoms with E-state index in [1.807, 2.05) is 55.5 Å². The standard InChI is InChI=1S/C25H27ClN4O2S/c1-5-31-20-11-9-17(10-12-20)22-21(16(4)30(14-15(2)3)25(33)27-22)24-28-23(29-32-24)18-7-6-8-19(26)13-18/h6-13,15,22H,5,14H2,1-4H3,(H,27,33). The third kappa shape index (κ3) is 5.04. The summed E-state index contributed by atoms with van der Waals surface area (Å²) < 4.78 is 11.4. The molecule has 0 fully saturated rings. The van der Waals surface area contributed by atoms with E-state index in [1.54, 1.807) is 0 Å². The van der Waals surface area contributed by atoms with Crippen molar-refractivity contribution in [3.05, 3.63) is 70.7 Å². The van der Waals surface area contributed by atoms with Gasteiger partial charge in [-0.1, -0.05) is 54.9 Å². The van der Waals surface area contributed by atoms with Crippen molar-refractivity contribution in [2.45, 2.75) is 33.7 Å². The van der Waals surface area contributed by atoms with Gasteiger partial charge in [0.2, 0.25) is 5.82 Å². The van der Waals surface area contributed by atoms with Crippen LogP contribution in [0.25, 0.3) is 17.0 Å². The number of nitrogens with one attached hydrogen (secondary N) is 1. The van der Waals surface area contributed by atoms with Gasteiger partial charge in [0.25, 0.3) is 5.89 Å². The molecule has 8 heteroatoms. The molecule has 172 valence electrons. The molecule has 1 unspecified atom stereocenters. The predicted octanol–water partition coefficient (Wildman–Crippen LogP) is 6.11. The molecule has 3 aromatic rings. The lowest BCUT2D eigenvalue weighted by molar-refractivity contribution is 0.340. The number of rotatable bonds is 7. The number of allylic oxidation sites excluding steroid dienone is 1. The summed E-state index contributed by atoms with van der Waals surface area (Å²) in [4.78, 5) is 6.83. The lowest BCUT2D eigenvalue weighted by Crippen LogP contribution is -2.47. The van der Waals surface area contributed by atoms with E-state index in [1.165, 1.54) is 0 Å². The topological polar surface area (TPSA) is 63.4 Å². The van der Waals surface area contributed by atoms with Crippen molar-refractivity contribution in [2.24, 2.45) is 5.92 Å². The molecule has 0 saturated carbocycles. The molecule has 0 aliphatic carbocycles. The Hall–Kier alpha value is -2.90. The quantitative estimate of drug-likeness (QED) is 0.408. The SMILES string of the molecule is CCOc1ccc(C2NC(=S)N(CC(C)C)C(C)=C2c2nc(-c3cccc(Cl)c3)no2)cc1. The Kier molecular flexibility index (Phi) is 7.00. The minimum absolute atomic E-state index is 0.232. The summed E-state index contributed by atoms with van der Waals surface area (Å²) in [5.41, 5.74) is 3.72. The molecule has 1 aliphatic heterocycles. The number of halogens is 1. The Labute approximate surface area is 204 Å². The maximum atomic E-state index is 6.16. The third-order valence-corrected chi connectivity index (χ3v) is 5.98. The summed E-state index contributed by atoms with van der Waals surface area (Å²) in [6, 6.07) is 15.2. The highest BCUT2D eigenvalue weighted by atomic mass is 35.5. The van der Waals surface area contributed by atoms with Crippen LogP contribution in [0.2, 0.25) is 5.02 Å². The van der Waals surface area contributed by atoms with Crippen molar-refractivity contribution in [1.29, 1.82) is 0 Å². The van der Waals surface area contributed by atoms with E-state index < -0.39 is 0 Å². The molecule has 0 spiro atoms. The van der Waals surface area contributed by atoms with Crippen LogP contribution in [0.1, 0.15) is 45.2 Å². The summed E-state index contributed by atoms with van der Waals surface area (Å²) in [7, 11) is 0. The van der Waals surface area contributed by atoms with Crippen LogP contribution in [0.4, 0.5) is 0 Å². The largest absolute Gasteiger partial charge is 0.494 e. The van der Waals surface area contributed by atoms with E-state index >= 15 is 0 Å². The molecule has 0 amide bonds. The first-order valence-electron chi connectivity index (χ1n) is 11.0. The first kappa shape index (κ1) is 23.3. The molecule has 0 bridgehead atoms. The van der Waals surface area contributed by atoms with Gasteiger partial charge in [-0.15, -0.1) is 0 Å². The molecule has 1 aliphatic rings. The van der Waals surface area contributed by atoms with Crippen molar-refractivity contribution in [3.8, 4) is 17.1 Å². The lowest BCUT2D eigenvalue weighted by atomic mass is 9.94. The van der Waals surface area contributed by atoms with Crippen LogP contribution in [0.5, 0.6) is 5.75 Å². The summed E-state index contributed by atoms with van der Waals surface area (Å²) in [6.45, 7) is 9.75. The van der Waals surface area contributed by atoms with Crippen LogP contribution in [0, 0.1) is 5.92 Å². The summed E-state index contributed by atoms with van der Waals surface area (Å²) in [5.74, 6) is 2.18. The first-order valence-corrected chi connectivity index (χ1v) is 11.8. The Bertz CT molecular complexity index is 1170. The van der Waals surface area contributed by atoms with Crippen molar-refractivity contribution in [1.82, 2.24) is 20.4 Å². The van der Waals surface area contributed by atoms with E-state index in [2.05, 4.69) is 36.1 Å². The molecule has 0 radical (unpaired) electrons. The van der Waals surface area contributed by atoms with Crippen molar-refractivity contribution in [3.63, 3.8) is 0 Å². The number of nitrogens with zero attached hydrogens (tertiary/aromatic N) is 3. The number of ether oxygens (including phenoxy) is 1. The van der Waals surface area contributed by atoms with E-state index in [-0.39, 0.29) is 6.04 Å². The lowest BCUT2D eigenvalue weighted by Gasteiger charge is -2.38. The minimum atomic E-state index is -0.232. The number of hydrogen-bond donors (Lipinski definition) is 1. The molecule has 2 aromatic carbocycles. The average molecular weight is 483 g/mol. The van der Waals surface area contributed by atoms with Gasteiger partial charge in [-0.05, 0) is 61.8 Å². The zero-order valence-corrected chi connectivity index (χ0v) is 20.7. The molecule has 4 rings (SSSR count). The molecular formula is C25H27ClN4O2S. The Morgan fingerprint density at radius 2 is 1.97 bits per heavy atom. The maximum absolute atomic E-state index is 6.16. The molecule has 1 N–H and O–H groups in total. The van der Waals surface area contributed by atoms with Gasteiger partial charge in [0.15, 0.2) is 5.11 Å². The molecule has 1 aromatic heterocycles. The van der Waals surface area contributed by atoms with Gasteiger partial charge in [0.1, 0.15) is 5.75 Å². The number of hydrogen-bond acceptors (Lipinski definition) is 5. The van der Waals surface area contributed by atoms with E-state index in [0.29, 0.717) is 34.4 Å². The second-order valence-corrected chi connectivity index (χ2v) is 9.14. The van der Waals surface area contributed by atoms with Gasteiger partial charge in [-0.2, -0.15) is 4.98 Å². The van der Waals surface area contributed by atoms with Gasteiger partial charge in [-0.25, -0.2) is 0 Å².